The molecule has 18 heavy (non-hydrogen) atoms. The number of rotatable bonds is 5. The fourth-order valence-electron chi connectivity index (χ4n) is 4.24. The first kappa shape index (κ1) is 13.9. The highest BCUT2D eigenvalue weighted by atomic mass is 35.5. The molecule has 0 aromatic heterocycles. The van der Waals surface area contributed by atoms with Crippen LogP contribution in [0.1, 0.15) is 46.0 Å². The highest BCUT2D eigenvalue weighted by Crippen LogP contribution is 2.61. The summed E-state index contributed by atoms with van der Waals surface area (Å²) in [6.07, 6.45) is 5.16. The van der Waals surface area contributed by atoms with Gasteiger partial charge in [-0.25, -0.2) is 0 Å². The van der Waals surface area contributed by atoms with E-state index in [0.717, 1.165) is 31.3 Å². The Kier molecular flexibility index (Phi) is 3.77. The topological polar surface area (TPSA) is 37.3 Å². The second kappa shape index (κ2) is 4.88. The molecule has 0 aromatic rings. The van der Waals surface area contributed by atoms with Crippen LogP contribution in [0.15, 0.2) is 12.2 Å². The maximum atomic E-state index is 11.5. The molecule has 1 N–H and O–H groups in total. The van der Waals surface area contributed by atoms with Crippen LogP contribution in [-0.2, 0) is 4.79 Å². The van der Waals surface area contributed by atoms with E-state index in [0.29, 0.717) is 11.8 Å². The molecule has 2 rings (SSSR count). The van der Waals surface area contributed by atoms with E-state index < -0.39 is 5.97 Å². The second-order valence-electron chi connectivity index (χ2n) is 6.44. The van der Waals surface area contributed by atoms with Crippen LogP contribution >= 0.6 is 11.6 Å². The van der Waals surface area contributed by atoms with Crippen LogP contribution in [0.2, 0.25) is 0 Å². The molecule has 0 spiro atoms. The van der Waals surface area contributed by atoms with Crippen molar-refractivity contribution in [2.24, 2.45) is 23.2 Å². The number of carboxylic acid groups (broad SMARTS) is 1. The van der Waals surface area contributed by atoms with Crippen molar-refractivity contribution in [3.8, 4) is 0 Å². The summed E-state index contributed by atoms with van der Waals surface area (Å²) in [5, 5.41) is 9.48. The van der Waals surface area contributed by atoms with Crippen molar-refractivity contribution >= 4 is 17.6 Å². The number of fused-ring (bicyclic) bond motifs is 2. The normalized spacial score (nSPS) is 39.8. The van der Waals surface area contributed by atoms with Gasteiger partial charge >= 0.3 is 5.97 Å². The quantitative estimate of drug-likeness (QED) is 0.604. The Bertz CT molecular complexity index is 366. The van der Waals surface area contributed by atoms with Gasteiger partial charge in [-0.15, -0.1) is 11.6 Å². The van der Waals surface area contributed by atoms with Gasteiger partial charge in [0, 0.05) is 0 Å². The first-order valence-corrected chi connectivity index (χ1v) is 7.32. The van der Waals surface area contributed by atoms with Crippen LogP contribution in [0, 0.1) is 23.2 Å². The van der Waals surface area contributed by atoms with E-state index in [2.05, 4.69) is 13.5 Å². The summed E-state index contributed by atoms with van der Waals surface area (Å²) >= 11 is 6.24. The maximum Gasteiger partial charge on any atom is 0.307 e. The largest absolute Gasteiger partial charge is 0.481 e. The van der Waals surface area contributed by atoms with Gasteiger partial charge in [-0.2, -0.15) is 0 Å². The molecule has 0 aliphatic heterocycles. The van der Waals surface area contributed by atoms with Gasteiger partial charge in [-0.05, 0) is 56.3 Å². The van der Waals surface area contributed by atoms with Crippen molar-refractivity contribution in [1.82, 2.24) is 0 Å². The molecule has 0 amide bonds. The molecule has 0 aromatic carbocycles. The number of allylic oxidation sites excluding steroid dienone is 1. The van der Waals surface area contributed by atoms with Crippen LogP contribution in [-0.4, -0.2) is 16.5 Å². The average Bonchev–Trinajstić information content (AvgIpc) is 2.84. The molecule has 3 heteroatoms. The molecule has 5 atom stereocenters. The molecule has 0 saturated heterocycles. The Labute approximate surface area is 114 Å². The minimum Gasteiger partial charge on any atom is -0.481 e. The Morgan fingerprint density at radius 2 is 2.22 bits per heavy atom. The minimum absolute atomic E-state index is 0.0182. The molecule has 0 radical (unpaired) electrons. The van der Waals surface area contributed by atoms with Gasteiger partial charge in [-0.1, -0.05) is 19.1 Å². The van der Waals surface area contributed by atoms with Gasteiger partial charge < -0.3 is 5.11 Å². The molecule has 2 saturated carbocycles. The lowest BCUT2D eigenvalue weighted by atomic mass is 9.64. The lowest BCUT2D eigenvalue weighted by Gasteiger charge is -2.39. The van der Waals surface area contributed by atoms with Gasteiger partial charge in [-0.3, -0.25) is 4.79 Å². The summed E-state index contributed by atoms with van der Waals surface area (Å²) in [7, 11) is 0. The van der Waals surface area contributed by atoms with E-state index in [1.54, 1.807) is 0 Å². The van der Waals surface area contributed by atoms with E-state index in [9.17, 15) is 9.90 Å². The van der Waals surface area contributed by atoms with Crippen LogP contribution in [0.4, 0.5) is 0 Å². The number of hydrogen-bond donors (Lipinski definition) is 1. The van der Waals surface area contributed by atoms with Crippen molar-refractivity contribution in [2.75, 3.05) is 0 Å². The molecule has 2 aliphatic carbocycles. The van der Waals surface area contributed by atoms with E-state index >= 15 is 0 Å². The first-order chi connectivity index (χ1) is 8.36. The van der Waals surface area contributed by atoms with Gasteiger partial charge in [0.15, 0.2) is 0 Å². The predicted octanol–water partition coefficient (Wildman–Crippen LogP) is 4.09. The van der Waals surface area contributed by atoms with Crippen LogP contribution in [0.3, 0.4) is 0 Å². The standard InChI is InChI=1S/C15H23ClO2/c1-9(2)12(16)6-7-15(3)11-5-4-10(8-11)13(15)14(17)18/h10-13H,1,4-8H2,2-3H3,(H,17,18)/t10-,11+,12?,13+,15-/m0/s1. The summed E-state index contributed by atoms with van der Waals surface area (Å²) in [4.78, 5) is 11.5. The van der Waals surface area contributed by atoms with Gasteiger partial charge in [0.25, 0.3) is 0 Å². The second-order valence-corrected chi connectivity index (χ2v) is 6.97. The zero-order valence-electron chi connectivity index (χ0n) is 11.3. The summed E-state index contributed by atoms with van der Waals surface area (Å²) in [5.41, 5.74) is 0.924. The smallest absolute Gasteiger partial charge is 0.307 e. The van der Waals surface area contributed by atoms with Crippen molar-refractivity contribution in [3.05, 3.63) is 12.2 Å². The molecule has 1 unspecified atom stereocenters. The highest BCUT2D eigenvalue weighted by molar-refractivity contribution is 6.22. The van der Waals surface area contributed by atoms with Crippen molar-refractivity contribution in [1.29, 1.82) is 0 Å². The molecule has 0 heterocycles. The summed E-state index contributed by atoms with van der Waals surface area (Å²) in [6, 6.07) is 0. The van der Waals surface area contributed by atoms with Crippen molar-refractivity contribution in [2.45, 2.75) is 51.3 Å². The molecule has 102 valence electrons. The van der Waals surface area contributed by atoms with E-state index in [1.165, 1.54) is 6.42 Å². The Balaban J connectivity index is 2.08. The van der Waals surface area contributed by atoms with Crippen molar-refractivity contribution < 1.29 is 9.90 Å². The third kappa shape index (κ3) is 2.20. The molecule has 2 bridgehead atoms. The third-order valence-corrected chi connectivity index (χ3v) is 5.92. The Hall–Kier alpha value is -0.500. The minimum atomic E-state index is -0.605. The molecule has 2 aliphatic rings. The van der Waals surface area contributed by atoms with Crippen LogP contribution < -0.4 is 0 Å². The zero-order chi connectivity index (χ0) is 13.5. The first-order valence-electron chi connectivity index (χ1n) is 6.88. The van der Waals surface area contributed by atoms with E-state index in [1.807, 2.05) is 6.92 Å². The Morgan fingerprint density at radius 3 is 2.78 bits per heavy atom. The number of hydrogen-bond acceptors (Lipinski definition) is 1. The highest BCUT2D eigenvalue weighted by Gasteiger charge is 2.57. The lowest BCUT2D eigenvalue weighted by molar-refractivity contribution is -0.149. The van der Waals surface area contributed by atoms with Crippen LogP contribution in [0.25, 0.3) is 0 Å². The number of carbonyl (C=O) groups is 1. The van der Waals surface area contributed by atoms with Gasteiger partial charge in [0.05, 0.1) is 11.3 Å². The zero-order valence-corrected chi connectivity index (χ0v) is 12.0. The number of aliphatic carboxylic acids is 1. The van der Waals surface area contributed by atoms with Crippen LogP contribution in [0.5, 0.6) is 0 Å². The SMILES string of the molecule is C=C(C)C(Cl)CC[C@@]1(C)[C@@H]2CC[C@@H](C2)[C@@H]1C(=O)O. The van der Waals surface area contributed by atoms with Gasteiger partial charge in [0.1, 0.15) is 0 Å². The molecule has 2 nitrogen and oxygen atoms in total. The van der Waals surface area contributed by atoms with Crippen molar-refractivity contribution in [3.63, 3.8) is 0 Å². The lowest BCUT2D eigenvalue weighted by Crippen LogP contribution is -2.39. The monoisotopic (exact) mass is 270 g/mol. The predicted molar refractivity (Wildman–Crippen MR) is 73.8 cm³/mol. The number of carboxylic acids is 1. The maximum absolute atomic E-state index is 11.5. The van der Waals surface area contributed by atoms with E-state index in [-0.39, 0.29) is 16.7 Å². The number of alkyl halides is 1. The fourth-order valence-corrected chi connectivity index (χ4v) is 4.35. The summed E-state index contributed by atoms with van der Waals surface area (Å²) in [5.74, 6) is 0.213. The number of halogens is 1. The summed E-state index contributed by atoms with van der Waals surface area (Å²) in [6.45, 7) is 7.98. The average molecular weight is 271 g/mol. The fraction of sp³-hybridized carbons (Fsp3) is 0.800. The van der Waals surface area contributed by atoms with Gasteiger partial charge in [0.2, 0.25) is 0 Å². The molecule has 2 fully saturated rings. The Morgan fingerprint density at radius 1 is 1.56 bits per heavy atom. The molecular weight excluding hydrogens is 248 g/mol. The third-order valence-electron chi connectivity index (χ3n) is 5.32. The van der Waals surface area contributed by atoms with E-state index in [4.69, 9.17) is 11.6 Å². The summed E-state index contributed by atoms with van der Waals surface area (Å²) < 4.78 is 0. The molecular formula is C15H23ClO2.